The number of hydrogen-bond donors (Lipinski definition) is 0. The molecular formula is C19H20N2O3. The van der Waals surface area contributed by atoms with Crippen LogP contribution in [-0.4, -0.2) is 23.8 Å². The highest BCUT2D eigenvalue weighted by molar-refractivity contribution is 6.12. The molecule has 1 aliphatic rings. The average molecular weight is 324 g/mol. The number of carbonyl (C=O) groups excluding carboxylic acids is 1. The molecule has 3 rings (SSSR count). The van der Waals surface area contributed by atoms with Gasteiger partial charge in [-0.3, -0.25) is 14.9 Å². The van der Waals surface area contributed by atoms with E-state index in [4.69, 9.17) is 0 Å². The average Bonchev–Trinajstić information content (AvgIpc) is 2.61. The van der Waals surface area contributed by atoms with Crippen LogP contribution in [0.2, 0.25) is 0 Å². The predicted octanol–water partition coefficient (Wildman–Crippen LogP) is 4.06. The lowest BCUT2D eigenvalue weighted by Crippen LogP contribution is -2.35. The topological polar surface area (TPSA) is 63.4 Å². The minimum Gasteiger partial charge on any atom is -0.371 e. The molecule has 1 aliphatic heterocycles. The molecule has 1 atom stereocenters. The zero-order chi connectivity index (χ0) is 17.1. The molecule has 0 saturated carbocycles. The Morgan fingerprint density at radius 2 is 1.96 bits per heavy atom. The van der Waals surface area contributed by atoms with Crippen molar-refractivity contribution in [1.82, 2.24) is 0 Å². The maximum absolute atomic E-state index is 12.9. The van der Waals surface area contributed by atoms with Crippen LogP contribution in [-0.2, 0) is 0 Å². The van der Waals surface area contributed by atoms with Crippen LogP contribution in [0.25, 0.3) is 0 Å². The Kier molecular flexibility index (Phi) is 4.60. The second-order valence-electron chi connectivity index (χ2n) is 6.35. The molecular weight excluding hydrogens is 304 g/mol. The predicted molar refractivity (Wildman–Crippen MR) is 93.6 cm³/mol. The summed E-state index contributed by atoms with van der Waals surface area (Å²) in [6, 6.07) is 13.5. The fourth-order valence-electron chi connectivity index (χ4n) is 3.25. The molecule has 5 heteroatoms. The summed E-state index contributed by atoms with van der Waals surface area (Å²) in [5.41, 5.74) is 1.69. The molecule has 0 radical (unpaired) electrons. The van der Waals surface area contributed by atoms with E-state index in [9.17, 15) is 14.9 Å². The Bertz CT molecular complexity index is 758. The number of nitro benzene ring substituents is 1. The summed E-state index contributed by atoms with van der Waals surface area (Å²) in [6.45, 7) is 3.93. The van der Waals surface area contributed by atoms with E-state index in [2.05, 4.69) is 11.8 Å². The third kappa shape index (κ3) is 3.30. The number of anilines is 1. The van der Waals surface area contributed by atoms with Crippen molar-refractivity contribution in [1.29, 1.82) is 0 Å². The maximum atomic E-state index is 12.9. The van der Waals surface area contributed by atoms with Crippen molar-refractivity contribution in [3.05, 3.63) is 69.8 Å². The maximum Gasteiger partial charge on any atom is 0.270 e. The lowest BCUT2D eigenvalue weighted by molar-refractivity contribution is -0.384. The number of benzene rings is 2. The van der Waals surface area contributed by atoms with Gasteiger partial charge in [-0.25, -0.2) is 0 Å². The largest absolute Gasteiger partial charge is 0.371 e. The fraction of sp³-hybridized carbons (Fsp3) is 0.316. The lowest BCUT2D eigenvalue weighted by atomic mass is 9.96. The van der Waals surface area contributed by atoms with Crippen molar-refractivity contribution in [2.24, 2.45) is 5.92 Å². The van der Waals surface area contributed by atoms with Gasteiger partial charge in [-0.2, -0.15) is 0 Å². The van der Waals surface area contributed by atoms with Crippen molar-refractivity contribution in [3.8, 4) is 0 Å². The zero-order valence-corrected chi connectivity index (χ0v) is 13.6. The second kappa shape index (κ2) is 6.83. The Labute approximate surface area is 141 Å². The Hall–Kier alpha value is -2.69. The highest BCUT2D eigenvalue weighted by Gasteiger charge is 2.24. The summed E-state index contributed by atoms with van der Waals surface area (Å²) in [4.78, 5) is 25.8. The van der Waals surface area contributed by atoms with Crippen molar-refractivity contribution >= 4 is 17.2 Å². The van der Waals surface area contributed by atoms with E-state index in [1.54, 1.807) is 30.3 Å². The summed E-state index contributed by atoms with van der Waals surface area (Å²) in [5.74, 6) is 0.376. The van der Waals surface area contributed by atoms with E-state index >= 15 is 0 Å². The molecule has 0 bridgehead atoms. The van der Waals surface area contributed by atoms with Crippen LogP contribution in [0.5, 0.6) is 0 Å². The van der Waals surface area contributed by atoms with Gasteiger partial charge < -0.3 is 4.90 Å². The van der Waals surface area contributed by atoms with Crippen LogP contribution < -0.4 is 4.90 Å². The van der Waals surface area contributed by atoms with Gasteiger partial charge in [0.05, 0.1) is 10.5 Å². The fourth-order valence-corrected chi connectivity index (χ4v) is 3.25. The molecule has 0 spiro atoms. The van der Waals surface area contributed by atoms with E-state index in [1.165, 1.54) is 18.6 Å². The first-order valence-corrected chi connectivity index (χ1v) is 8.19. The van der Waals surface area contributed by atoms with Crippen LogP contribution in [0.4, 0.5) is 11.4 Å². The summed E-state index contributed by atoms with van der Waals surface area (Å²) in [7, 11) is 0. The highest BCUT2D eigenvalue weighted by Crippen LogP contribution is 2.31. The molecule has 1 fully saturated rings. The summed E-state index contributed by atoms with van der Waals surface area (Å²) < 4.78 is 0. The third-order valence-electron chi connectivity index (χ3n) is 4.47. The molecule has 0 N–H and O–H groups in total. The van der Waals surface area contributed by atoms with Crippen molar-refractivity contribution < 1.29 is 9.72 Å². The van der Waals surface area contributed by atoms with Gasteiger partial charge >= 0.3 is 0 Å². The van der Waals surface area contributed by atoms with E-state index < -0.39 is 4.92 Å². The third-order valence-corrected chi connectivity index (χ3v) is 4.47. The van der Waals surface area contributed by atoms with Gasteiger partial charge in [0.15, 0.2) is 5.78 Å². The van der Waals surface area contributed by atoms with Crippen molar-refractivity contribution in [3.63, 3.8) is 0 Å². The van der Waals surface area contributed by atoms with Crippen LogP contribution in [0.3, 0.4) is 0 Å². The molecule has 2 aromatic carbocycles. The molecule has 2 aromatic rings. The highest BCUT2D eigenvalue weighted by atomic mass is 16.6. The number of ketones is 1. The first-order valence-electron chi connectivity index (χ1n) is 8.19. The first kappa shape index (κ1) is 16.2. The molecule has 24 heavy (non-hydrogen) atoms. The molecule has 124 valence electrons. The van der Waals surface area contributed by atoms with E-state index in [-0.39, 0.29) is 11.5 Å². The number of nitrogens with zero attached hydrogens (tertiary/aromatic N) is 2. The SMILES string of the molecule is C[C@H]1CCCN(c2ccc([N+](=O)[O-])cc2C(=O)c2ccccc2)C1. The van der Waals surface area contributed by atoms with Crippen LogP contribution in [0, 0.1) is 16.0 Å². The summed E-state index contributed by atoms with van der Waals surface area (Å²) in [6.07, 6.45) is 2.24. The Balaban J connectivity index is 2.05. The van der Waals surface area contributed by atoms with Crippen molar-refractivity contribution in [2.45, 2.75) is 19.8 Å². The van der Waals surface area contributed by atoms with Gasteiger partial charge in [-0.05, 0) is 24.8 Å². The van der Waals surface area contributed by atoms with Gasteiger partial charge in [0.25, 0.3) is 5.69 Å². The van der Waals surface area contributed by atoms with Gasteiger partial charge in [-0.15, -0.1) is 0 Å². The van der Waals surface area contributed by atoms with Crippen LogP contribution in [0.15, 0.2) is 48.5 Å². The number of piperidine rings is 1. The Morgan fingerprint density at radius 1 is 1.21 bits per heavy atom. The normalized spacial score (nSPS) is 17.5. The van der Waals surface area contributed by atoms with Crippen LogP contribution >= 0.6 is 0 Å². The Morgan fingerprint density at radius 3 is 2.62 bits per heavy atom. The van der Waals surface area contributed by atoms with Crippen LogP contribution in [0.1, 0.15) is 35.7 Å². The minimum atomic E-state index is -0.454. The van der Waals surface area contributed by atoms with E-state index in [0.717, 1.165) is 25.2 Å². The quantitative estimate of drug-likeness (QED) is 0.483. The molecule has 0 aromatic heterocycles. The smallest absolute Gasteiger partial charge is 0.270 e. The van der Waals surface area contributed by atoms with Gasteiger partial charge in [0.1, 0.15) is 0 Å². The van der Waals surface area contributed by atoms with Gasteiger partial charge in [-0.1, -0.05) is 37.3 Å². The van der Waals surface area contributed by atoms with Gasteiger partial charge in [0.2, 0.25) is 0 Å². The number of carbonyl (C=O) groups is 1. The van der Waals surface area contributed by atoms with E-state index in [1.807, 2.05) is 6.07 Å². The number of hydrogen-bond acceptors (Lipinski definition) is 4. The molecule has 0 unspecified atom stereocenters. The number of nitro groups is 1. The summed E-state index contributed by atoms with van der Waals surface area (Å²) >= 11 is 0. The molecule has 0 aliphatic carbocycles. The minimum absolute atomic E-state index is 0.0527. The monoisotopic (exact) mass is 324 g/mol. The zero-order valence-electron chi connectivity index (χ0n) is 13.6. The first-order chi connectivity index (χ1) is 11.6. The summed E-state index contributed by atoms with van der Waals surface area (Å²) in [5, 5.41) is 11.1. The molecule has 0 amide bonds. The second-order valence-corrected chi connectivity index (χ2v) is 6.35. The lowest BCUT2D eigenvalue weighted by Gasteiger charge is -2.33. The van der Waals surface area contributed by atoms with Crippen molar-refractivity contribution in [2.75, 3.05) is 18.0 Å². The number of rotatable bonds is 4. The molecule has 1 heterocycles. The molecule has 1 saturated heterocycles. The standard InChI is InChI=1S/C19H20N2O3/c1-14-6-5-11-20(13-14)18-10-9-16(21(23)24)12-17(18)19(22)15-7-3-2-4-8-15/h2-4,7-10,12,14H,5-6,11,13H2,1H3/t14-/m0/s1. The molecule has 5 nitrogen and oxygen atoms in total. The van der Waals surface area contributed by atoms with E-state index in [0.29, 0.717) is 17.0 Å². The number of non-ortho nitro benzene ring substituents is 1. The van der Waals surface area contributed by atoms with Gasteiger partial charge in [0, 0.05) is 36.5 Å².